The van der Waals surface area contributed by atoms with Crippen LogP contribution in [0.15, 0.2) is 10.7 Å². The van der Waals surface area contributed by atoms with Gasteiger partial charge in [-0.25, -0.2) is 15.0 Å². The van der Waals surface area contributed by atoms with Crippen molar-refractivity contribution in [2.75, 3.05) is 18.8 Å². The van der Waals surface area contributed by atoms with Crippen LogP contribution in [0.1, 0.15) is 59.6 Å². The highest BCUT2D eigenvalue weighted by atomic mass is 16.3. The Hall–Kier alpha value is -2.97. The van der Waals surface area contributed by atoms with E-state index >= 15 is 0 Å². The number of hydrogen-bond acceptors (Lipinski definition) is 7. The molecule has 1 aliphatic rings. The predicted octanol–water partition coefficient (Wildman–Crippen LogP) is 1.96. The van der Waals surface area contributed by atoms with Gasteiger partial charge < -0.3 is 20.4 Å². The molecule has 0 radical (unpaired) electrons. The standard InChI is InChI=1S/C21H30N6O3/c1-12-17(19(22)25-14(3)23-12)6-5-16-7-9-27(10-8-16)21(29)13(2)24-20(28)18-11-30-15(4)26-18/h11,13,16H,5-10H2,1-4H3,(H,24,28)(H2,22,23,25)/t13-/m0/s1. The first-order valence-electron chi connectivity index (χ1n) is 10.4. The van der Waals surface area contributed by atoms with Crippen LogP contribution < -0.4 is 11.1 Å². The van der Waals surface area contributed by atoms with Gasteiger partial charge in [-0.3, -0.25) is 9.59 Å². The van der Waals surface area contributed by atoms with Crippen LogP contribution in [-0.2, 0) is 11.2 Å². The van der Waals surface area contributed by atoms with Crippen LogP contribution in [-0.4, -0.2) is 50.8 Å². The van der Waals surface area contributed by atoms with Crippen LogP contribution in [0, 0.1) is 26.7 Å². The number of carbonyl (C=O) groups excluding carboxylic acids is 2. The number of amides is 2. The van der Waals surface area contributed by atoms with Crippen molar-refractivity contribution in [2.24, 2.45) is 5.92 Å². The largest absolute Gasteiger partial charge is 0.448 e. The highest BCUT2D eigenvalue weighted by Gasteiger charge is 2.27. The molecule has 30 heavy (non-hydrogen) atoms. The monoisotopic (exact) mass is 414 g/mol. The summed E-state index contributed by atoms with van der Waals surface area (Å²) in [5, 5.41) is 2.70. The average molecular weight is 415 g/mol. The fourth-order valence-corrected chi connectivity index (χ4v) is 3.94. The van der Waals surface area contributed by atoms with Gasteiger partial charge in [0, 0.05) is 31.3 Å². The lowest BCUT2D eigenvalue weighted by atomic mass is 9.90. The molecule has 162 valence electrons. The van der Waals surface area contributed by atoms with Crippen molar-refractivity contribution in [1.82, 2.24) is 25.2 Å². The fourth-order valence-electron chi connectivity index (χ4n) is 3.94. The molecule has 1 fully saturated rings. The zero-order chi connectivity index (χ0) is 21.8. The molecule has 2 aromatic heterocycles. The number of nitrogen functional groups attached to an aromatic ring is 1. The summed E-state index contributed by atoms with van der Waals surface area (Å²) < 4.78 is 5.05. The number of nitrogens with one attached hydrogen (secondary N) is 1. The Morgan fingerprint density at radius 2 is 1.93 bits per heavy atom. The molecule has 0 aromatic carbocycles. The van der Waals surface area contributed by atoms with Gasteiger partial charge in [-0.1, -0.05) is 0 Å². The molecule has 1 atom stereocenters. The number of hydrogen-bond donors (Lipinski definition) is 2. The number of carbonyl (C=O) groups is 2. The van der Waals surface area contributed by atoms with E-state index in [2.05, 4.69) is 20.3 Å². The van der Waals surface area contributed by atoms with E-state index in [4.69, 9.17) is 10.2 Å². The van der Waals surface area contributed by atoms with Gasteiger partial charge in [0.05, 0.1) is 0 Å². The molecule has 9 nitrogen and oxygen atoms in total. The first-order chi connectivity index (χ1) is 14.2. The first kappa shape index (κ1) is 21.7. The van der Waals surface area contributed by atoms with Gasteiger partial charge >= 0.3 is 0 Å². The predicted molar refractivity (Wildman–Crippen MR) is 112 cm³/mol. The SMILES string of the molecule is Cc1nc(C)c(CCC2CCN(C(=O)[C@H](C)NC(=O)c3coc(C)n3)CC2)c(N)n1. The van der Waals surface area contributed by atoms with Crippen molar-refractivity contribution >= 4 is 17.6 Å². The second kappa shape index (κ2) is 9.23. The van der Waals surface area contributed by atoms with Gasteiger partial charge in [-0.2, -0.15) is 0 Å². The van der Waals surface area contributed by atoms with Crippen LogP contribution >= 0.6 is 0 Å². The molecular formula is C21H30N6O3. The summed E-state index contributed by atoms with van der Waals surface area (Å²) in [7, 11) is 0. The third kappa shape index (κ3) is 5.14. The van der Waals surface area contributed by atoms with Crippen LogP contribution in [0.25, 0.3) is 0 Å². The summed E-state index contributed by atoms with van der Waals surface area (Å²) in [6.07, 6.45) is 5.00. The number of anilines is 1. The Kier molecular flexibility index (Phi) is 6.69. The zero-order valence-corrected chi connectivity index (χ0v) is 18.1. The number of aryl methyl sites for hydroxylation is 3. The number of rotatable bonds is 6. The number of aromatic nitrogens is 3. The molecule has 0 unspecified atom stereocenters. The van der Waals surface area contributed by atoms with Crippen molar-refractivity contribution in [3.63, 3.8) is 0 Å². The average Bonchev–Trinajstić information content (AvgIpc) is 3.13. The maximum absolute atomic E-state index is 12.7. The Bertz CT molecular complexity index is 894. The van der Waals surface area contributed by atoms with Crippen molar-refractivity contribution in [3.8, 4) is 0 Å². The van der Waals surface area contributed by atoms with Crippen molar-refractivity contribution < 1.29 is 14.0 Å². The molecule has 2 aromatic rings. The summed E-state index contributed by atoms with van der Waals surface area (Å²) in [5.74, 6) is 1.72. The van der Waals surface area contributed by atoms with Crippen LogP contribution in [0.4, 0.5) is 5.82 Å². The molecular weight excluding hydrogens is 384 g/mol. The molecule has 1 saturated heterocycles. The second-order valence-electron chi connectivity index (χ2n) is 7.97. The Morgan fingerprint density at radius 1 is 1.23 bits per heavy atom. The van der Waals surface area contributed by atoms with Gasteiger partial charge in [0.15, 0.2) is 11.6 Å². The minimum atomic E-state index is -0.613. The van der Waals surface area contributed by atoms with Crippen molar-refractivity contribution in [2.45, 2.75) is 59.4 Å². The number of oxazole rings is 1. The minimum Gasteiger partial charge on any atom is -0.448 e. The summed E-state index contributed by atoms with van der Waals surface area (Å²) >= 11 is 0. The van der Waals surface area contributed by atoms with Gasteiger partial charge in [0.1, 0.15) is 23.9 Å². The fraction of sp³-hybridized carbons (Fsp3) is 0.571. The number of likely N-dealkylation sites (tertiary alicyclic amines) is 1. The molecule has 2 amide bonds. The van der Waals surface area contributed by atoms with E-state index in [9.17, 15) is 9.59 Å². The zero-order valence-electron chi connectivity index (χ0n) is 18.1. The van der Waals surface area contributed by atoms with Gasteiger partial charge in [0.25, 0.3) is 5.91 Å². The van der Waals surface area contributed by atoms with Gasteiger partial charge in [-0.05, 0) is 52.4 Å². The summed E-state index contributed by atoms with van der Waals surface area (Å²) in [4.78, 5) is 39.4. The molecule has 3 rings (SSSR count). The van der Waals surface area contributed by atoms with E-state index in [-0.39, 0.29) is 11.6 Å². The van der Waals surface area contributed by atoms with E-state index in [0.29, 0.717) is 36.5 Å². The van der Waals surface area contributed by atoms with E-state index in [0.717, 1.165) is 36.9 Å². The first-order valence-corrected chi connectivity index (χ1v) is 10.4. The summed E-state index contributed by atoms with van der Waals surface area (Å²) in [5.41, 5.74) is 8.22. The topological polar surface area (TPSA) is 127 Å². The minimum absolute atomic E-state index is 0.0750. The van der Waals surface area contributed by atoms with Crippen LogP contribution in [0.5, 0.6) is 0 Å². The summed E-state index contributed by atoms with van der Waals surface area (Å²) in [6.45, 7) is 8.55. The number of nitrogens with two attached hydrogens (primary N) is 1. The second-order valence-corrected chi connectivity index (χ2v) is 7.97. The molecule has 0 saturated carbocycles. The molecule has 0 bridgehead atoms. The van der Waals surface area contributed by atoms with Crippen molar-refractivity contribution in [1.29, 1.82) is 0 Å². The third-order valence-electron chi connectivity index (χ3n) is 5.66. The molecule has 3 heterocycles. The Labute approximate surface area is 176 Å². The lowest BCUT2D eigenvalue weighted by Crippen LogP contribution is -2.49. The van der Waals surface area contributed by atoms with Crippen molar-refractivity contribution in [3.05, 3.63) is 34.9 Å². The quantitative estimate of drug-likeness (QED) is 0.739. The smallest absolute Gasteiger partial charge is 0.273 e. The van der Waals surface area contributed by atoms with Gasteiger partial charge in [-0.15, -0.1) is 0 Å². The van der Waals surface area contributed by atoms with E-state index < -0.39 is 11.9 Å². The van der Waals surface area contributed by atoms with Crippen LogP contribution in [0.3, 0.4) is 0 Å². The number of piperidine rings is 1. The maximum atomic E-state index is 12.7. The molecule has 3 N–H and O–H groups in total. The highest BCUT2D eigenvalue weighted by Crippen LogP contribution is 2.25. The molecule has 0 spiro atoms. The Balaban J connectivity index is 1.46. The molecule has 0 aliphatic carbocycles. The van der Waals surface area contributed by atoms with Crippen LogP contribution in [0.2, 0.25) is 0 Å². The normalized spacial score (nSPS) is 15.8. The highest BCUT2D eigenvalue weighted by molar-refractivity contribution is 5.95. The lowest BCUT2D eigenvalue weighted by Gasteiger charge is -2.33. The number of nitrogens with zero attached hydrogens (tertiary/aromatic N) is 4. The molecule has 9 heteroatoms. The lowest BCUT2D eigenvalue weighted by molar-refractivity contribution is -0.134. The Morgan fingerprint density at radius 3 is 2.53 bits per heavy atom. The van der Waals surface area contributed by atoms with E-state index in [1.54, 1.807) is 13.8 Å². The van der Waals surface area contributed by atoms with Gasteiger partial charge in [0.2, 0.25) is 5.91 Å². The molecule has 1 aliphatic heterocycles. The third-order valence-corrected chi connectivity index (χ3v) is 5.66. The maximum Gasteiger partial charge on any atom is 0.273 e. The summed E-state index contributed by atoms with van der Waals surface area (Å²) in [6, 6.07) is -0.613. The van der Waals surface area contributed by atoms with E-state index in [1.165, 1.54) is 6.26 Å². The van der Waals surface area contributed by atoms with E-state index in [1.807, 2.05) is 18.7 Å².